The Balaban J connectivity index is -0.000000190. The maximum absolute atomic E-state index is 8.63. The van der Waals surface area contributed by atoms with E-state index in [-0.39, 0.29) is 0 Å². The Morgan fingerprint density at radius 1 is 0.514 bits per heavy atom. The van der Waals surface area contributed by atoms with Gasteiger partial charge in [0.1, 0.15) is 5.75 Å². The Bertz CT molecular complexity index is 380. The molecule has 0 bridgehead atoms. The van der Waals surface area contributed by atoms with Gasteiger partial charge in [-0.05, 0) is 12.1 Å². The van der Waals surface area contributed by atoms with Crippen LogP contribution >= 0.6 is 18.8 Å². The molecule has 0 saturated carbocycles. The zero-order valence-electron chi connectivity index (χ0n) is 25.0. The number of aromatic hydroxyl groups is 1. The summed E-state index contributed by atoms with van der Waals surface area (Å²) in [4.78, 5) is 0. The zero-order valence-corrected chi connectivity index (χ0v) is 28.5. The van der Waals surface area contributed by atoms with Crippen LogP contribution < -0.4 is 0 Å². The minimum atomic E-state index is -0.586. The van der Waals surface area contributed by atoms with E-state index < -0.39 is 16.5 Å². The summed E-state index contributed by atoms with van der Waals surface area (Å²) in [6.07, 6.45) is 28.3. The molecule has 0 spiro atoms. The Morgan fingerprint density at radius 3 is 0.946 bits per heavy atom. The van der Waals surface area contributed by atoms with Crippen LogP contribution in [0, 0.1) is 20.8 Å². The van der Waals surface area contributed by atoms with Gasteiger partial charge in [0.15, 0.2) is 0 Å². The standard InChI is InChI=1S/3C9H19.C6H6O.2ClH.Mo/c3*1-3-5-7-9-8-6-4-2;7-6-4-2-1-3-5-6;;;/h3*1,3-9H2,2H3;1-5,7H;2*1H;/q3*-1;;;;+2/p-2. The molecule has 0 unspecified atom stereocenters. The van der Waals surface area contributed by atoms with E-state index in [4.69, 9.17) is 23.9 Å². The molecule has 0 aliphatic carbocycles. The van der Waals surface area contributed by atoms with Crippen molar-refractivity contribution < 1.29 is 21.6 Å². The second kappa shape index (κ2) is 49.3. The van der Waals surface area contributed by atoms with Gasteiger partial charge in [0.05, 0.1) is 0 Å². The Morgan fingerprint density at radius 2 is 0.757 bits per heavy atom. The average Bonchev–Trinajstić information content (AvgIpc) is 2.91. The van der Waals surface area contributed by atoms with Gasteiger partial charge >= 0.3 is 35.3 Å². The van der Waals surface area contributed by atoms with Crippen molar-refractivity contribution in [2.45, 2.75) is 156 Å². The molecule has 1 aromatic rings. The molecule has 0 aliphatic rings. The van der Waals surface area contributed by atoms with E-state index in [1.807, 2.05) is 6.07 Å². The first-order chi connectivity index (χ1) is 18.1. The Labute approximate surface area is 251 Å². The molecule has 0 atom stereocenters. The van der Waals surface area contributed by atoms with Gasteiger partial charge in [0, 0.05) is 0 Å². The van der Waals surface area contributed by atoms with Crippen molar-refractivity contribution in [2.75, 3.05) is 0 Å². The summed E-state index contributed by atoms with van der Waals surface area (Å²) in [5.74, 6) is 0.322. The van der Waals surface area contributed by atoms with Crippen LogP contribution in [0.3, 0.4) is 0 Å². The van der Waals surface area contributed by atoms with Crippen molar-refractivity contribution in [2.24, 2.45) is 0 Å². The first kappa shape index (κ1) is 44.3. The van der Waals surface area contributed by atoms with Crippen LogP contribution in [0.15, 0.2) is 30.3 Å². The number of para-hydroxylation sites is 1. The van der Waals surface area contributed by atoms with Crippen molar-refractivity contribution in [3.05, 3.63) is 51.1 Å². The fourth-order valence-electron chi connectivity index (χ4n) is 3.30. The van der Waals surface area contributed by atoms with Gasteiger partial charge < -0.3 is 25.9 Å². The number of unbranched alkanes of at least 4 members (excludes halogenated alkanes) is 18. The van der Waals surface area contributed by atoms with Crippen LogP contribution in [-0.2, 0) is 16.5 Å². The second-order valence-corrected chi connectivity index (χ2v) is 12.3. The van der Waals surface area contributed by atoms with Crippen molar-refractivity contribution >= 4 is 18.8 Å². The molecular formula is C33H63Cl2MoO-3. The van der Waals surface area contributed by atoms with Gasteiger partial charge in [0.2, 0.25) is 0 Å². The number of phenolic OH excluding ortho intramolecular Hbond substituents is 1. The van der Waals surface area contributed by atoms with E-state index in [9.17, 15) is 0 Å². The summed E-state index contributed by atoms with van der Waals surface area (Å²) in [6, 6.07) is 8.71. The molecule has 0 saturated heterocycles. The van der Waals surface area contributed by atoms with Crippen LogP contribution in [-0.4, -0.2) is 5.11 Å². The summed E-state index contributed by atoms with van der Waals surface area (Å²) in [5, 5.41) is 8.63. The Kier molecular flexibility index (Phi) is 59.0. The van der Waals surface area contributed by atoms with E-state index in [1.165, 1.54) is 116 Å². The van der Waals surface area contributed by atoms with Crippen LogP contribution in [0.2, 0.25) is 0 Å². The van der Waals surface area contributed by atoms with E-state index in [0.717, 1.165) is 19.3 Å². The molecule has 0 fully saturated rings. The van der Waals surface area contributed by atoms with E-state index in [1.54, 1.807) is 24.3 Å². The average molecular weight is 643 g/mol. The van der Waals surface area contributed by atoms with E-state index in [0.29, 0.717) is 5.75 Å². The first-order valence-corrected chi connectivity index (χ1v) is 20.2. The monoisotopic (exact) mass is 643 g/mol. The van der Waals surface area contributed by atoms with Gasteiger partial charge in [-0.1, -0.05) is 155 Å². The third kappa shape index (κ3) is 61.7. The fraction of sp³-hybridized carbons (Fsp3) is 0.727. The predicted octanol–water partition coefficient (Wildman–Crippen LogP) is 13.5. The molecule has 1 nitrogen and oxygen atoms in total. The maximum atomic E-state index is 8.63. The fourth-order valence-corrected chi connectivity index (χ4v) is 3.30. The summed E-state index contributed by atoms with van der Waals surface area (Å²) in [6.45, 7) is 18.2. The Hall–Kier alpha value is 0.288. The zero-order chi connectivity index (χ0) is 28.7. The molecule has 0 amide bonds. The molecule has 0 heterocycles. The van der Waals surface area contributed by atoms with Crippen LogP contribution in [0.1, 0.15) is 156 Å². The second-order valence-electron chi connectivity index (χ2n) is 9.26. The quantitative estimate of drug-likeness (QED) is 0.0960. The summed E-state index contributed by atoms with van der Waals surface area (Å²) in [7, 11) is 9.79. The van der Waals surface area contributed by atoms with Crippen molar-refractivity contribution in [3.63, 3.8) is 0 Å². The SMILES string of the molecule is Oc1ccccc1.[CH2-]CCCCCCCC.[CH2-]CCCCCCCC.[CH2-]CCCCCCCC.[Cl][Mo][Cl]. The number of hydrogen-bond donors (Lipinski definition) is 1. The van der Waals surface area contributed by atoms with E-state index >= 15 is 0 Å². The first-order valence-electron chi connectivity index (χ1n) is 15.1. The summed E-state index contributed by atoms with van der Waals surface area (Å²) < 4.78 is 0. The molecule has 4 heteroatoms. The summed E-state index contributed by atoms with van der Waals surface area (Å²) >= 11 is -0.586. The molecule has 0 aliphatic heterocycles. The molecule has 37 heavy (non-hydrogen) atoms. The minimum absolute atomic E-state index is 0.322. The van der Waals surface area contributed by atoms with Gasteiger partial charge in [-0.15, -0.1) is 0 Å². The van der Waals surface area contributed by atoms with E-state index in [2.05, 4.69) is 41.5 Å². The summed E-state index contributed by atoms with van der Waals surface area (Å²) in [5.41, 5.74) is 0. The third-order valence-electron chi connectivity index (χ3n) is 5.57. The number of rotatable bonds is 18. The predicted molar refractivity (Wildman–Crippen MR) is 170 cm³/mol. The van der Waals surface area contributed by atoms with Gasteiger partial charge in [-0.3, -0.25) is 0 Å². The number of benzene rings is 1. The van der Waals surface area contributed by atoms with Crippen LogP contribution in [0.4, 0.5) is 0 Å². The third-order valence-corrected chi connectivity index (χ3v) is 5.57. The van der Waals surface area contributed by atoms with Gasteiger partial charge in [-0.25, -0.2) is 0 Å². The van der Waals surface area contributed by atoms with Crippen LogP contribution in [0.25, 0.3) is 0 Å². The number of phenols is 1. The molecule has 1 aromatic carbocycles. The molecule has 1 N–H and O–H groups in total. The van der Waals surface area contributed by atoms with Crippen molar-refractivity contribution in [1.82, 2.24) is 0 Å². The van der Waals surface area contributed by atoms with Crippen molar-refractivity contribution in [3.8, 4) is 5.75 Å². The number of halogens is 2. The molecule has 0 radical (unpaired) electrons. The number of hydrogen-bond acceptors (Lipinski definition) is 1. The molecule has 224 valence electrons. The normalized spacial score (nSPS) is 9.41. The molecule has 0 aromatic heterocycles. The van der Waals surface area contributed by atoms with Gasteiger partial charge in [-0.2, -0.15) is 19.3 Å². The van der Waals surface area contributed by atoms with Gasteiger partial charge in [0.25, 0.3) is 0 Å². The van der Waals surface area contributed by atoms with Crippen molar-refractivity contribution in [1.29, 1.82) is 0 Å². The molecular weight excluding hydrogens is 579 g/mol. The molecule has 1 rings (SSSR count). The topological polar surface area (TPSA) is 20.2 Å². The van der Waals surface area contributed by atoms with Crippen LogP contribution in [0.5, 0.6) is 5.75 Å².